The summed E-state index contributed by atoms with van der Waals surface area (Å²) in [5.41, 5.74) is 4.80. The molecule has 0 aliphatic rings. The first-order chi connectivity index (χ1) is 14.6. The molecule has 2 aromatic heterocycles. The van der Waals surface area contributed by atoms with E-state index in [0.717, 1.165) is 39.6 Å². The van der Waals surface area contributed by atoms with Gasteiger partial charge in [0.1, 0.15) is 17.4 Å². The van der Waals surface area contributed by atoms with Crippen LogP contribution in [0.3, 0.4) is 0 Å². The molecule has 2 aromatic carbocycles. The topological polar surface area (TPSA) is 52.8 Å². The van der Waals surface area contributed by atoms with E-state index in [1.165, 1.54) is 16.7 Å². The molecule has 0 aliphatic carbocycles. The summed E-state index contributed by atoms with van der Waals surface area (Å²) < 4.78 is 7.85. The maximum absolute atomic E-state index is 5.87. The van der Waals surface area contributed by atoms with E-state index in [0.29, 0.717) is 6.61 Å². The van der Waals surface area contributed by atoms with Gasteiger partial charge in [-0.25, -0.2) is 4.98 Å². The predicted octanol–water partition coefficient (Wildman–Crippen LogP) is 5.68. The number of hydrogen-bond acceptors (Lipinski definition) is 6. The van der Waals surface area contributed by atoms with Crippen molar-refractivity contribution in [3.05, 3.63) is 76.6 Å². The van der Waals surface area contributed by atoms with Crippen LogP contribution in [0, 0.1) is 6.92 Å². The van der Waals surface area contributed by atoms with Gasteiger partial charge in [-0.05, 0) is 36.6 Å². The number of benzene rings is 2. The molecule has 2 heterocycles. The molecular formula is C23H24N4OS2. The fourth-order valence-electron chi connectivity index (χ4n) is 3.01. The lowest BCUT2D eigenvalue weighted by Gasteiger charge is -2.07. The van der Waals surface area contributed by atoms with E-state index in [9.17, 15) is 0 Å². The minimum Gasteiger partial charge on any atom is -0.486 e. The van der Waals surface area contributed by atoms with Crippen LogP contribution in [0.25, 0.3) is 10.6 Å². The van der Waals surface area contributed by atoms with Crippen LogP contribution in [-0.4, -0.2) is 19.7 Å². The molecule has 30 heavy (non-hydrogen) atoms. The molecule has 0 saturated carbocycles. The highest BCUT2D eigenvalue weighted by Crippen LogP contribution is 2.29. The van der Waals surface area contributed by atoms with E-state index in [4.69, 9.17) is 9.72 Å². The van der Waals surface area contributed by atoms with Gasteiger partial charge in [-0.1, -0.05) is 55.1 Å². The quantitative estimate of drug-likeness (QED) is 0.333. The Labute approximate surface area is 185 Å². The van der Waals surface area contributed by atoms with E-state index in [1.54, 1.807) is 23.1 Å². The summed E-state index contributed by atoms with van der Waals surface area (Å²) >= 11 is 3.32. The molecule has 0 saturated heterocycles. The monoisotopic (exact) mass is 436 g/mol. The van der Waals surface area contributed by atoms with Crippen molar-refractivity contribution in [2.45, 2.75) is 37.8 Å². The maximum atomic E-state index is 5.87. The molecular weight excluding hydrogens is 412 g/mol. The molecule has 0 unspecified atom stereocenters. The standard InChI is InChI=1S/C23H24N4OS2/c1-4-17-9-11-19(12-10-17)28-13-21-25-26-23(27(21)3)30-15-18-14-29-22(24-18)20-8-6-5-7-16(20)2/h5-12,14H,4,13,15H2,1-3H3. The molecule has 0 aliphatic heterocycles. The molecule has 4 rings (SSSR count). The Morgan fingerprint density at radius 1 is 1.07 bits per heavy atom. The second-order valence-corrected chi connectivity index (χ2v) is 8.79. The highest BCUT2D eigenvalue weighted by molar-refractivity contribution is 7.98. The number of thioether (sulfide) groups is 1. The smallest absolute Gasteiger partial charge is 0.191 e. The van der Waals surface area contributed by atoms with Gasteiger partial charge in [-0.15, -0.1) is 21.5 Å². The third-order valence-electron chi connectivity index (χ3n) is 4.90. The Morgan fingerprint density at radius 2 is 1.87 bits per heavy atom. The van der Waals surface area contributed by atoms with Gasteiger partial charge in [0.15, 0.2) is 11.0 Å². The molecule has 0 bridgehead atoms. The first kappa shape index (κ1) is 20.6. The number of ether oxygens (including phenoxy) is 1. The summed E-state index contributed by atoms with van der Waals surface area (Å²) in [6, 6.07) is 16.5. The maximum Gasteiger partial charge on any atom is 0.191 e. The second-order valence-electron chi connectivity index (χ2n) is 6.99. The molecule has 5 nitrogen and oxygen atoms in total. The molecule has 0 radical (unpaired) electrons. The SMILES string of the molecule is CCc1ccc(OCc2nnc(SCc3csc(-c4ccccc4C)n3)n2C)cc1. The van der Waals surface area contributed by atoms with Crippen molar-refractivity contribution in [2.24, 2.45) is 7.05 Å². The van der Waals surface area contributed by atoms with Crippen molar-refractivity contribution in [1.82, 2.24) is 19.7 Å². The number of rotatable bonds is 8. The second kappa shape index (κ2) is 9.45. The molecule has 4 aromatic rings. The Hall–Kier alpha value is -2.64. The summed E-state index contributed by atoms with van der Waals surface area (Å²) in [6.45, 7) is 4.65. The largest absolute Gasteiger partial charge is 0.486 e. The van der Waals surface area contributed by atoms with Crippen molar-refractivity contribution < 1.29 is 4.74 Å². The molecule has 154 valence electrons. The van der Waals surface area contributed by atoms with Gasteiger partial charge >= 0.3 is 0 Å². The van der Waals surface area contributed by atoms with Crippen LogP contribution < -0.4 is 4.74 Å². The van der Waals surface area contributed by atoms with Crippen LogP contribution in [0.2, 0.25) is 0 Å². The highest BCUT2D eigenvalue weighted by Gasteiger charge is 2.12. The summed E-state index contributed by atoms with van der Waals surface area (Å²) in [5.74, 6) is 2.40. The van der Waals surface area contributed by atoms with E-state index in [1.807, 2.05) is 23.7 Å². The number of nitrogens with zero attached hydrogens (tertiary/aromatic N) is 4. The van der Waals surface area contributed by atoms with Crippen LogP contribution >= 0.6 is 23.1 Å². The van der Waals surface area contributed by atoms with Gasteiger partial charge in [-0.3, -0.25) is 0 Å². The van der Waals surface area contributed by atoms with E-state index >= 15 is 0 Å². The van der Waals surface area contributed by atoms with Gasteiger partial charge in [0, 0.05) is 23.7 Å². The zero-order valence-electron chi connectivity index (χ0n) is 17.3. The first-order valence-electron chi connectivity index (χ1n) is 9.87. The van der Waals surface area contributed by atoms with Crippen molar-refractivity contribution in [1.29, 1.82) is 0 Å². The van der Waals surface area contributed by atoms with Gasteiger partial charge in [-0.2, -0.15) is 0 Å². The van der Waals surface area contributed by atoms with Crippen LogP contribution in [-0.2, 0) is 25.8 Å². The summed E-state index contributed by atoms with van der Waals surface area (Å²) in [6.07, 6.45) is 1.02. The molecule has 0 atom stereocenters. The first-order valence-corrected chi connectivity index (χ1v) is 11.7. The van der Waals surface area contributed by atoms with Gasteiger partial charge in [0.05, 0.1) is 5.69 Å². The third kappa shape index (κ3) is 4.74. The number of thiazole rings is 1. The van der Waals surface area contributed by atoms with Crippen LogP contribution in [0.5, 0.6) is 5.75 Å². The lowest BCUT2D eigenvalue weighted by Crippen LogP contribution is -2.04. The van der Waals surface area contributed by atoms with E-state index in [-0.39, 0.29) is 0 Å². The lowest BCUT2D eigenvalue weighted by molar-refractivity contribution is 0.290. The molecule has 0 fully saturated rings. The normalized spacial score (nSPS) is 11.0. The van der Waals surface area contributed by atoms with Crippen LogP contribution in [0.15, 0.2) is 59.1 Å². The number of aromatic nitrogens is 4. The van der Waals surface area contributed by atoms with Crippen LogP contribution in [0.4, 0.5) is 0 Å². The van der Waals surface area contributed by atoms with Crippen molar-refractivity contribution in [3.8, 4) is 16.3 Å². The fourth-order valence-corrected chi connectivity index (χ4v) is 4.85. The molecule has 0 N–H and O–H groups in total. The van der Waals surface area contributed by atoms with Crippen molar-refractivity contribution in [2.75, 3.05) is 0 Å². The average Bonchev–Trinajstić information content (AvgIpc) is 3.38. The van der Waals surface area contributed by atoms with Crippen LogP contribution in [0.1, 0.15) is 29.6 Å². The van der Waals surface area contributed by atoms with E-state index < -0.39 is 0 Å². The predicted molar refractivity (Wildman–Crippen MR) is 123 cm³/mol. The van der Waals surface area contributed by atoms with E-state index in [2.05, 4.69) is 65.8 Å². The number of hydrogen-bond donors (Lipinski definition) is 0. The summed E-state index contributed by atoms with van der Waals surface area (Å²) in [7, 11) is 1.97. The van der Waals surface area contributed by atoms with Gasteiger partial charge in [0.25, 0.3) is 0 Å². The zero-order valence-corrected chi connectivity index (χ0v) is 19.0. The average molecular weight is 437 g/mol. The third-order valence-corrected chi connectivity index (χ3v) is 6.88. The highest BCUT2D eigenvalue weighted by atomic mass is 32.2. The zero-order chi connectivity index (χ0) is 20.9. The van der Waals surface area contributed by atoms with Crippen molar-refractivity contribution >= 4 is 23.1 Å². The minimum atomic E-state index is 0.393. The van der Waals surface area contributed by atoms with Crippen molar-refractivity contribution in [3.63, 3.8) is 0 Å². The molecule has 0 amide bonds. The lowest BCUT2D eigenvalue weighted by atomic mass is 10.1. The summed E-state index contributed by atoms with van der Waals surface area (Å²) in [5, 5.41) is 12.7. The van der Waals surface area contributed by atoms with Gasteiger partial charge in [0.2, 0.25) is 0 Å². The molecule has 0 spiro atoms. The summed E-state index contributed by atoms with van der Waals surface area (Å²) in [4.78, 5) is 4.80. The Kier molecular flexibility index (Phi) is 6.50. The minimum absolute atomic E-state index is 0.393. The Morgan fingerprint density at radius 3 is 2.63 bits per heavy atom. The molecule has 7 heteroatoms. The number of aryl methyl sites for hydroxylation is 2. The Bertz CT molecular complexity index is 1120. The fraction of sp³-hybridized carbons (Fsp3) is 0.261. The van der Waals surface area contributed by atoms with Gasteiger partial charge < -0.3 is 9.30 Å². The Balaban J connectivity index is 1.36.